The summed E-state index contributed by atoms with van der Waals surface area (Å²) in [5.41, 5.74) is -0.0951. The molecule has 2 rings (SSSR count). The van der Waals surface area contributed by atoms with Crippen molar-refractivity contribution in [2.45, 2.75) is 72.3 Å². The van der Waals surface area contributed by atoms with E-state index in [1.807, 2.05) is 6.07 Å². The Bertz CT molecular complexity index is 735. The quantitative estimate of drug-likeness (QED) is 0.793. The van der Waals surface area contributed by atoms with Gasteiger partial charge in [-0.15, -0.1) is 0 Å². The predicted molar refractivity (Wildman–Crippen MR) is 96.8 cm³/mol. The molecule has 1 aromatic rings. The summed E-state index contributed by atoms with van der Waals surface area (Å²) in [5.74, 6) is 0.152. The third kappa shape index (κ3) is 3.78. The van der Waals surface area contributed by atoms with Crippen molar-refractivity contribution in [1.82, 2.24) is 4.57 Å². The highest BCUT2D eigenvalue weighted by molar-refractivity contribution is 6.01. The Labute approximate surface area is 149 Å². The Hall–Kier alpha value is -2.09. The van der Waals surface area contributed by atoms with Gasteiger partial charge in [-0.05, 0) is 51.0 Å². The largest absolute Gasteiger partial charge is 0.494 e. The number of unbranched alkanes of at least 4 members (excludes halogenated alkanes) is 1. The van der Waals surface area contributed by atoms with Gasteiger partial charge in [0.1, 0.15) is 11.6 Å². The van der Waals surface area contributed by atoms with Gasteiger partial charge in [-0.3, -0.25) is 14.2 Å². The Balaban J connectivity index is 2.29. The number of aromatic hydroxyl groups is 1. The van der Waals surface area contributed by atoms with Gasteiger partial charge in [-0.1, -0.05) is 26.2 Å². The monoisotopic (exact) mass is 344 g/mol. The van der Waals surface area contributed by atoms with Crippen LogP contribution < -0.4 is 5.56 Å². The van der Waals surface area contributed by atoms with Gasteiger partial charge in [-0.2, -0.15) is 5.26 Å². The van der Waals surface area contributed by atoms with Gasteiger partial charge in [0.2, 0.25) is 5.88 Å². The van der Waals surface area contributed by atoms with Gasteiger partial charge < -0.3 is 5.11 Å². The van der Waals surface area contributed by atoms with Crippen LogP contribution in [0.4, 0.5) is 0 Å². The lowest BCUT2D eigenvalue weighted by molar-refractivity contribution is 0.0864. The van der Waals surface area contributed by atoms with Crippen LogP contribution in [-0.2, 0) is 6.54 Å². The first-order valence-corrected chi connectivity index (χ1v) is 9.36. The average Bonchev–Trinajstić information content (AvgIpc) is 2.61. The van der Waals surface area contributed by atoms with E-state index in [1.54, 1.807) is 13.8 Å². The fourth-order valence-corrected chi connectivity index (χ4v) is 3.95. The number of Topliss-reactive ketones (excluding diaryl/α,β-unsaturated/α-hetero) is 1. The van der Waals surface area contributed by atoms with Gasteiger partial charge in [-0.25, -0.2) is 0 Å². The lowest BCUT2D eigenvalue weighted by Gasteiger charge is -2.28. The lowest BCUT2D eigenvalue weighted by Crippen LogP contribution is -2.29. The zero-order valence-corrected chi connectivity index (χ0v) is 15.5. The molecule has 5 heteroatoms. The zero-order valence-electron chi connectivity index (χ0n) is 15.5. The molecule has 0 aromatic carbocycles. The van der Waals surface area contributed by atoms with Crippen LogP contribution in [0.25, 0.3) is 0 Å². The number of carbonyl (C=O) groups is 1. The minimum absolute atomic E-state index is 0.0420. The molecule has 1 aromatic heterocycles. The molecule has 1 heterocycles. The molecule has 25 heavy (non-hydrogen) atoms. The number of hydrogen-bond acceptors (Lipinski definition) is 4. The van der Waals surface area contributed by atoms with E-state index < -0.39 is 5.56 Å². The first-order chi connectivity index (χ1) is 12.0. The second-order valence-electron chi connectivity index (χ2n) is 7.08. The fourth-order valence-electron chi connectivity index (χ4n) is 3.95. The number of pyridine rings is 1. The highest BCUT2D eigenvalue weighted by Gasteiger charge is 2.31. The molecule has 136 valence electrons. The molecule has 1 aliphatic carbocycles. The van der Waals surface area contributed by atoms with Crippen molar-refractivity contribution >= 4 is 5.78 Å². The highest BCUT2D eigenvalue weighted by atomic mass is 16.3. The van der Waals surface area contributed by atoms with Crippen LogP contribution in [0, 0.1) is 30.1 Å². The highest BCUT2D eigenvalue weighted by Crippen LogP contribution is 2.35. The predicted octanol–water partition coefficient (Wildman–Crippen LogP) is 3.93. The van der Waals surface area contributed by atoms with Gasteiger partial charge in [0, 0.05) is 12.5 Å². The van der Waals surface area contributed by atoms with Crippen molar-refractivity contribution in [2.75, 3.05) is 0 Å². The van der Waals surface area contributed by atoms with Crippen molar-refractivity contribution in [3.8, 4) is 11.9 Å². The molecule has 5 nitrogen and oxygen atoms in total. The van der Waals surface area contributed by atoms with E-state index in [-0.39, 0.29) is 35.3 Å². The zero-order chi connectivity index (χ0) is 18.6. The van der Waals surface area contributed by atoms with E-state index in [1.165, 1.54) is 19.3 Å². The number of nitriles is 1. The smallest absolute Gasteiger partial charge is 0.271 e. The van der Waals surface area contributed by atoms with E-state index in [4.69, 9.17) is 0 Å². The number of hydrogen-bond donors (Lipinski definition) is 1. The molecule has 0 bridgehead atoms. The van der Waals surface area contributed by atoms with Gasteiger partial charge >= 0.3 is 0 Å². The van der Waals surface area contributed by atoms with Gasteiger partial charge in [0.05, 0.1) is 5.56 Å². The molecule has 0 radical (unpaired) electrons. The normalized spacial score (nSPS) is 20.2. The van der Waals surface area contributed by atoms with Crippen LogP contribution in [0.2, 0.25) is 0 Å². The van der Waals surface area contributed by atoms with Crippen LogP contribution in [0.15, 0.2) is 4.79 Å². The Kier molecular flexibility index (Phi) is 6.41. The van der Waals surface area contributed by atoms with E-state index in [2.05, 4.69) is 6.92 Å². The van der Waals surface area contributed by atoms with Crippen molar-refractivity contribution in [3.05, 3.63) is 27.0 Å². The summed E-state index contributed by atoms with van der Waals surface area (Å²) < 4.78 is 1.12. The molecule has 1 saturated carbocycles. The van der Waals surface area contributed by atoms with E-state index in [0.717, 1.165) is 30.3 Å². The molecule has 0 amide bonds. The standard InChI is InChI=1S/C20H28N2O3/c1-4-6-7-14-8-10-15(11-9-14)18(23)17-13(3)16(12-21)19(24)22(5-2)20(17)25/h14-15,25H,4-11H2,1-3H3. The summed E-state index contributed by atoms with van der Waals surface area (Å²) in [6.07, 6.45) is 7.36. The summed E-state index contributed by atoms with van der Waals surface area (Å²) in [7, 11) is 0. The number of nitrogens with zero attached hydrogens (tertiary/aromatic N) is 2. The number of ketones is 1. The van der Waals surface area contributed by atoms with Crippen LogP contribution in [0.3, 0.4) is 0 Å². The first-order valence-electron chi connectivity index (χ1n) is 9.36. The van der Waals surface area contributed by atoms with Gasteiger partial charge in [0.15, 0.2) is 5.78 Å². The summed E-state index contributed by atoms with van der Waals surface area (Å²) in [5, 5.41) is 19.8. The van der Waals surface area contributed by atoms with Crippen LogP contribution in [0.1, 0.15) is 80.3 Å². The maximum Gasteiger partial charge on any atom is 0.271 e. The first kappa shape index (κ1) is 19.2. The van der Waals surface area contributed by atoms with Gasteiger partial charge in [0.25, 0.3) is 5.56 Å². The summed E-state index contributed by atoms with van der Waals surface area (Å²) in [6.45, 7) is 5.71. The Morgan fingerprint density at radius 3 is 2.44 bits per heavy atom. The van der Waals surface area contributed by atoms with Crippen LogP contribution in [-0.4, -0.2) is 15.5 Å². The maximum absolute atomic E-state index is 13.0. The molecule has 0 aliphatic heterocycles. The maximum atomic E-state index is 13.0. The number of carbonyl (C=O) groups excluding carboxylic acids is 1. The molecular weight excluding hydrogens is 316 g/mol. The second-order valence-corrected chi connectivity index (χ2v) is 7.08. The Morgan fingerprint density at radius 1 is 1.28 bits per heavy atom. The number of aromatic nitrogens is 1. The SMILES string of the molecule is CCCCC1CCC(C(=O)c2c(C)c(C#N)c(=O)n(CC)c2O)CC1. The van der Waals surface area contributed by atoms with Crippen molar-refractivity contribution in [3.63, 3.8) is 0 Å². The molecule has 0 saturated heterocycles. The van der Waals surface area contributed by atoms with Crippen molar-refractivity contribution < 1.29 is 9.90 Å². The Morgan fingerprint density at radius 2 is 1.92 bits per heavy atom. The minimum atomic E-state index is -0.528. The van der Waals surface area contributed by atoms with E-state index in [9.17, 15) is 20.0 Å². The third-order valence-electron chi connectivity index (χ3n) is 5.55. The molecule has 0 unspecified atom stereocenters. The topological polar surface area (TPSA) is 83.1 Å². The lowest BCUT2D eigenvalue weighted by atomic mass is 9.76. The summed E-state index contributed by atoms with van der Waals surface area (Å²) in [4.78, 5) is 25.3. The molecular formula is C20H28N2O3. The number of rotatable bonds is 6. The molecule has 0 atom stereocenters. The van der Waals surface area contributed by atoms with Crippen LogP contribution in [0.5, 0.6) is 5.88 Å². The van der Waals surface area contributed by atoms with Crippen molar-refractivity contribution in [1.29, 1.82) is 5.26 Å². The average molecular weight is 344 g/mol. The van der Waals surface area contributed by atoms with Crippen LogP contribution >= 0.6 is 0 Å². The minimum Gasteiger partial charge on any atom is -0.494 e. The fraction of sp³-hybridized carbons (Fsp3) is 0.650. The molecule has 0 spiro atoms. The second kappa shape index (κ2) is 8.33. The molecule has 1 fully saturated rings. The summed E-state index contributed by atoms with van der Waals surface area (Å²) >= 11 is 0. The molecule has 1 aliphatic rings. The van der Waals surface area contributed by atoms with E-state index >= 15 is 0 Å². The van der Waals surface area contributed by atoms with Crippen molar-refractivity contribution in [2.24, 2.45) is 11.8 Å². The third-order valence-corrected chi connectivity index (χ3v) is 5.55. The van der Waals surface area contributed by atoms with E-state index in [0.29, 0.717) is 11.5 Å². The molecule has 1 N–H and O–H groups in total. The summed E-state index contributed by atoms with van der Waals surface area (Å²) in [6, 6.07) is 1.90.